The molecule has 0 N–H and O–H groups in total. The standard InChI is InChI=1S/C10H11FN2O.C7H6FNO.C5H13NO2.CH4/c1-13(2)4-3-10(14)8-5-9(11)7-12-6-8;1-5(10)6-2-7(8)4-9-3-6;1-6(2)5(7-3)8-4;/h3-7H,1-2H3;2-4H,1H3;5H,1-4H3;1H4/b4-3-;;;. The number of halogens is 2. The molecule has 0 saturated carbocycles. The number of pyridine rings is 2. The smallest absolute Gasteiger partial charge is 0.217 e. The maximum atomic E-state index is 12.7. The fourth-order valence-corrected chi connectivity index (χ4v) is 1.98. The molecule has 0 fully saturated rings. The summed E-state index contributed by atoms with van der Waals surface area (Å²) in [6, 6.07) is 2.32. The molecule has 0 aliphatic heterocycles. The third-order valence-corrected chi connectivity index (χ3v) is 3.45. The minimum absolute atomic E-state index is 0. The zero-order valence-corrected chi connectivity index (χ0v) is 19.4. The van der Waals surface area contributed by atoms with Crippen molar-refractivity contribution in [2.75, 3.05) is 42.4 Å². The molecule has 0 saturated heterocycles. The Morgan fingerprint density at radius 2 is 1.36 bits per heavy atom. The Balaban J connectivity index is 0. The molecule has 10 heteroatoms. The summed E-state index contributed by atoms with van der Waals surface area (Å²) in [5, 5.41) is 0. The van der Waals surface area contributed by atoms with E-state index in [9.17, 15) is 18.4 Å². The molecule has 2 aromatic rings. The molecule has 8 nitrogen and oxygen atoms in total. The van der Waals surface area contributed by atoms with Crippen molar-refractivity contribution >= 4 is 11.6 Å². The van der Waals surface area contributed by atoms with Gasteiger partial charge in [0, 0.05) is 64.1 Å². The van der Waals surface area contributed by atoms with Crippen LogP contribution >= 0.6 is 0 Å². The molecule has 184 valence electrons. The average molecular weight is 469 g/mol. The second-order valence-corrected chi connectivity index (χ2v) is 6.73. The Morgan fingerprint density at radius 1 is 0.909 bits per heavy atom. The normalized spacial score (nSPS) is 10.0. The molecule has 0 spiro atoms. The molecule has 0 aromatic carbocycles. The van der Waals surface area contributed by atoms with Crippen molar-refractivity contribution in [3.05, 3.63) is 72.0 Å². The van der Waals surface area contributed by atoms with Crippen LogP contribution in [0.15, 0.2) is 49.2 Å². The summed E-state index contributed by atoms with van der Waals surface area (Å²) in [5.41, 5.74) is 0.558. The SMILES string of the molecule is C.CC(=O)c1cncc(F)c1.CN(C)/C=C\C(=O)c1cncc(F)c1.COC(OC)N(C)C. The van der Waals surface area contributed by atoms with Crippen molar-refractivity contribution in [1.29, 1.82) is 0 Å². The molecule has 0 aliphatic carbocycles. The lowest BCUT2D eigenvalue weighted by Gasteiger charge is -2.19. The van der Waals surface area contributed by atoms with Gasteiger partial charge in [-0.2, -0.15) is 0 Å². The molecule has 0 aliphatic rings. The number of carbonyl (C=O) groups is 2. The summed E-state index contributed by atoms with van der Waals surface area (Å²) < 4.78 is 34.7. The van der Waals surface area contributed by atoms with E-state index >= 15 is 0 Å². The molecule has 2 aromatic heterocycles. The van der Waals surface area contributed by atoms with Crippen LogP contribution < -0.4 is 0 Å². The van der Waals surface area contributed by atoms with Crippen LogP contribution in [0.3, 0.4) is 0 Å². The highest BCUT2D eigenvalue weighted by molar-refractivity contribution is 6.04. The van der Waals surface area contributed by atoms with Crippen molar-refractivity contribution in [2.24, 2.45) is 0 Å². The van der Waals surface area contributed by atoms with Crippen LogP contribution in [0.2, 0.25) is 0 Å². The van der Waals surface area contributed by atoms with Crippen LogP contribution in [0.5, 0.6) is 0 Å². The van der Waals surface area contributed by atoms with Gasteiger partial charge >= 0.3 is 0 Å². The number of Topliss-reactive ketones (excluding diaryl/α,β-unsaturated/α-hetero) is 1. The molecule has 0 radical (unpaired) electrons. The van der Waals surface area contributed by atoms with Gasteiger partial charge in [-0.3, -0.25) is 24.5 Å². The molecular formula is C23H34F2N4O4. The van der Waals surface area contributed by atoms with E-state index in [0.717, 1.165) is 24.5 Å². The third-order valence-electron chi connectivity index (χ3n) is 3.45. The quantitative estimate of drug-likeness (QED) is 0.346. The zero-order valence-electron chi connectivity index (χ0n) is 19.4. The summed E-state index contributed by atoms with van der Waals surface area (Å²) >= 11 is 0. The molecule has 0 bridgehead atoms. The molecular weight excluding hydrogens is 434 g/mol. The average Bonchev–Trinajstić information content (AvgIpc) is 2.73. The Kier molecular flexibility index (Phi) is 17.0. The van der Waals surface area contributed by atoms with Gasteiger partial charge in [-0.1, -0.05) is 7.43 Å². The number of methoxy groups -OCH3 is 2. The fourth-order valence-electron chi connectivity index (χ4n) is 1.98. The molecule has 0 amide bonds. The topological polar surface area (TPSA) is 84.9 Å². The van der Waals surface area contributed by atoms with E-state index in [1.165, 1.54) is 25.4 Å². The number of ether oxygens (including phenoxy) is 2. The molecule has 0 atom stereocenters. The maximum Gasteiger partial charge on any atom is 0.217 e. The van der Waals surface area contributed by atoms with Gasteiger partial charge < -0.3 is 14.4 Å². The van der Waals surface area contributed by atoms with E-state index in [1.807, 2.05) is 19.0 Å². The van der Waals surface area contributed by atoms with Gasteiger partial charge in [0.05, 0.1) is 12.4 Å². The van der Waals surface area contributed by atoms with Crippen molar-refractivity contribution in [3.63, 3.8) is 0 Å². The summed E-state index contributed by atoms with van der Waals surface area (Å²) in [5.74, 6) is -1.42. The Labute approximate surface area is 194 Å². The lowest BCUT2D eigenvalue weighted by Crippen LogP contribution is -2.30. The van der Waals surface area contributed by atoms with Crippen LogP contribution in [0.4, 0.5) is 8.78 Å². The monoisotopic (exact) mass is 468 g/mol. The number of aromatic nitrogens is 2. The number of ketones is 2. The summed E-state index contributed by atoms with van der Waals surface area (Å²) in [6.07, 6.45) is 7.56. The molecule has 2 heterocycles. The Hall–Kier alpha value is -3.08. The van der Waals surface area contributed by atoms with Gasteiger partial charge in [0.15, 0.2) is 11.6 Å². The second kappa shape index (κ2) is 17.5. The lowest BCUT2D eigenvalue weighted by molar-refractivity contribution is -0.179. The highest BCUT2D eigenvalue weighted by Gasteiger charge is 2.05. The van der Waals surface area contributed by atoms with Crippen LogP contribution in [-0.2, 0) is 9.47 Å². The minimum Gasteiger partial charge on any atom is -0.383 e. The van der Waals surface area contributed by atoms with Gasteiger partial charge in [0.25, 0.3) is 0 Å². The molecule has 0 unspecified atom stereocenters. The minimum atomic E-state index is -0.505. The van der Waals surface area contributed by atoms with E-state index in [4.69, 9.17) is 9.47 Å². The highest BCUT2D eigenvalue weighted by Crippen LogP contribution is 2.03. The zero-order chi connectivity index (χ0) is 24.7. The van der Waals surface area contributed by atoms with E-state index < -0.39 is 11.6 Å². The van der Waals surface area contributed by atoms with E-state index in [-0.39, 0.29) is 31.0 Å². The van der Waals surface area contributed by atoms with E-state index in [2.05, 4.69) is 9.97 Å². The van der Waals surface area contributed by atoms with Crippen LogP contribution in [-0.4, -0.2) is 80.2 Å². The first-order valence-electron chi connectivity index (χ1n) is 9.34. The number of carbonyl (C=O) groups excluding carboxylic acids is 2. The fraction of sp³-hybridized carbons (Fsp3) is 0.391. The summed E-state index contributed by atoms with van der Waals surface area (Å²) in [6.45, 7) is 1.37. The summed E-state index contributed by atoms with van der Waals surface area (Å²) in [4.78, 5) is 32.6. The van der Waals surface area contributed by atoms with Gasteiger partial charge in [0.2, 0.25) is 6.41 Å². The number of allylic oxidation sites excluding steroid dienone is 1. The third kappa shape index (κ3) is 14.6. The first-order valence-corrected chi connectivity index (χ1v) is 9.34. The van der Waals surface area contributed by atoms with Crippen molar-refractivity contribution in [2.45, 2.75) is 20.8 Å². The number of nitrogens with zero attached hydrogens (tertiary/aromatic N) is 4. The lowest BCUT2D eigenvalue weighted by atomic mass is 10.2. The first-order chi connectivity index (χ1) is 15.0. The van der Waals surface area contributed by atoms with E-state index in [0.29, 0.717) is 5.56 Å². The molecule has 33 heavy (non-hydrogen) atoms. The van der Waals surface area contributed by atoms with Crippen LogP contribution in [0.25, 0.3) is 0 Å². The number of hydrogen-bond donors (Lipinski definition) is 0. The highest BCUT2D eigenvalue weighted by atomic mass is 19.1. The van der Waals surface area contributed by atoms with Crippen molar-refractivity contribution in [1.82, 2.24) is 19.8 Å². The molecule has 2 rings (SSSR count). The Morgan fingerprint density at radius 3 is 1.67 bits per heavy atom. The van der Waals surface area contributed by atoms with Crippen molar-refractivity contribution in [3.8, 4) is 0 Å². The largest absolute Gasteiger partial charge is 0.383 e. The first kappa shape index (κ1) is 32.1. The second-order valence-electron chi connectivity index (χ2n) is 6.73. The van der Waals surface area contributed by atoms with Gasteiger partial charge in [-0.15, -0.1) is 0 Å². The van der Waals surface area contributed by atoms with Gasteiger partial charge in [-0.05, 0) is 33.2 Å². The van der Waals surface area contributed by atoms with Gasteiger partial charge in [0.1, 0.15) is 11.6 Å². The van der Waals surface area contributed by atoms with Crippen LogP contribution in [0.1, 0.15) is 35.1 Å². The van der Waals surface area contributed by atoms with Gasteiger partial charge in [-0.25, -0.2) is 8.78 Å². The summed E-state index contributed by atoms with van der Waals surface area (Å²) in [7, 11) is 10.6. The van der Waals surface area contributed by atoms with Crippen LogP contribution in [0, 0.1) is 11.6 Å². The number of hydrogen-bond acceptors (Lipinski definition) is 8. The van der Waals surface area contributed by atoms with Crippen molar-refractivity contribution < 1.29 is 27.8 Å². The maximum absolute atomic E-state index is 12.7. The predicted molar refractivity (Wildman–Crippen MR) is 124 cm³/mol. The predicted octanol–water partition coefficient (Wildman–Crippen LogP) is 3.66. The Bertz CT molecular complexity index is 873. The number of rotatable bonds is 7. The van der Waals surface area contributed by atoms with E-state index in [1.54, 1.807) is 39.4 Å².